The number of rotatable bonds is 35. The third-order valence-electron chi connectivity index (χ3n) is 15.5. The fourth-order valence-corrected chi connectivity index (χ4v) is 11.7. The summed E-state index contributed by atoms with van der Waals surface area (Å²) in [5, 5.41) is 48.6. The van der Waals surface area contributed by atoms with Crippen molar-refractivity contribution in [1.29, 1.82) is 0 Å². The molecule has 90 heavy (non-hydrogen) atoms. The first-order chi connectivity index (χ1) is 42.9. The number of likely N-dealkylation sites (tertiary alicyclic amines) is 2. The minimum Gasteiger partial charge on any atom is -0.480 e. The topological polar surface area (TPSA) is 533 Å². The van der Waals surface area contributed by atoms with Gasteiger partial charge < -0.3 is 102 Å². The predicted molar refractivity (Wildman–Crippen MR) is 333 cm³/mol. The Labute approximate surface area is 525 Å². The highest BCUT2D eigenvalue weighted by molar-refractivity contribution is 7.09. The SMILES string of the molecule is NC(N)=NCCC[C@@H](N)C(=O)N[C@@H](CCCN=C(N)N)C(=O)N1CCC[C@H]1C(=O)N1C[C@H](O)C[C@H]1C(=O)NCC(=O)N[C@@H](Cc1cccs1)C(=O)N[C@@H](CO)C(=O)N[C@H](Cc1ccccc1)C(=O)N(CC(=O)N[C@@H](CCCN=C(N)N)C(=O)O)C1CCCCC1. The molecule has 1 aliphatic carbocycles. The lowest BCUT2D eigenvalue weighted by atomic mass is 9.93. The number of carbonyl (C=O) groups is 10. The molecule has 1 saturated carbocycles. The molecule has 496 valence electrons. The molecule has 0 bridgehead atoms. The number of nitrogens with two attached hydrogens (primary N) is 7. The van der Waals surface area contributed by atoms with Gasteiger partial charge in [-0.3, -0.25) is 58.1 Å². The van der Waals surface area contributed by atoms with Crippen molar-refractivity contribution in [2.75, 3.05) is 52.4 Å². The van der Waals surface area contributed by atoms with Gasteiger partial charge in [0, 0.05) is 62.9 Å². The van der Waals surface area contributed by atoms with Crippen LogP contribution in [0.15, 0.2) is 62.8 Å². The number of aliphatic carboxylic acids is 1. The zero-order valence-corrected chi connectivity index (χ0v) is 51.2. The van der Waals surface area contributed by atoms with E-state index in [-0.39, 0.29) is 108 Å². The number of hydrogen-bond acceptors (Lipinski definition) is 17. The molecule has 1 aromatic carbocycles. The summed E-state index contributed by atoms with van der Waals surface area (Å²) in [5.74, 6) is -8.73. The standard InChI is InChI=1S/C57H89N19O13S/c58-37(17-7-21-65-55(59)60)47(81)71-38(18-8-22-66-56(61)62)51(85)74-24-10-20-43(74)53(87)76-30-35(78)27-44(76)50(84)68-29-45(79)70-40(28-36-16-11-25-90-36)48(82)73-42(32-77)49(83)72-41(26-33-12-3-1-4-13-33)52(86)75(34-14-5-2-6-15-34)31-46(80)69-39(54(88)89)19-9-23-67-57(63)64/h1,3-4,11-13,16,25,34-35,37-44,77-78H,2,5-10,14-15,17-24,26-32,58H2,(H,68,84)(H,69,80)(H,70,79)(H,71,81)(H,72,83)(H,73,82)(H,88,89)(H4,59,60,65)(H4,61,62,66)(H4,63,64,67)/t35-,37-,38+,39+,40+,41-,42+,43+,44+/m1/s1. The molecule has 0 radical (unpaired) electrons. The summed E-state index contributed by atoms with van der Waals surface area (Å²) in [4.78, 5) is 155. The molecule has 1 aromatic heterocycles. The van der Waals surface area contributed by atoms with E-state index in [1.54, 1.807) is 47.8 Å². The van der Waals surface area contributed by atoms with E-state index in [0.717, 1.165) is 24.2 Å². The highest BCUT2D eigenvalue weighted by Gasteiger charge is 2.46. The highest BCUT2D eigenvalue weighted by Crippen LogP contribution is 2.28. The van der Waals surface area contributed by atoms with Gasteiger partial charge in [0.05, 0.1) is 31.8 Å². The zero-order chi connectivity index (χ0) is 65.9. The van der Waals surface area contributed by atoms with Crippen LogP contribution in [0.3, 0.4) is 0 Å². The number of nitrogens with zero attached hydrogens (tertiary/aromatic N) is 6. The van der Waals surface area contributed by atoms with Crippen molar-refractivity contribution >= 4 is 88.3 Å². The van der Waals surface area contributed by atoms with E-state index < -0.39 is 139 Å². The Balaban J connectivity index is 1.26. The number of nitrogens with one attached hydrogen (secondary N) is 6. The minimum absolute atomic E-state index is 0.0190. The van der Waals surface area contributed by atoms with Crippen molar-refractivity contribution in [2.45, 2.75) is 163 Å². The van der Waals surface area contributed by atoms with Crippen molar-refractivity contribution in [1.82, 2.24) is 46.6 Å². The highest BCUT2D eigenvalue weighted by atomic mass is 32.1. The Morgan fingerprint density at radius 2 is 1.22 bits per heavy atom. The summed E-state index contributed by atoms with van der Waals surface area (Å²) >= 11 is 1.26. The summed E-state index contributed by atoms with van der Waals surface area (Å²) in [6, 6.07) is 1.19. The van der Waals surface area contributed by atoms with Crippen molar-refractivity contribution in [2.24, 2.45) is 55.1 Å². The monoisotopic (exact) mass is 1280 g/mol. The Morgan fingerprint density at radius 1 is 0.633 bits per heavy atom. The fourth-order valence-electron chi connectivity index (χ4n) is 11.0. The molecule has 3 fully saturated rings. The van der Waals surface area contributed by atoms with Gasteiger partial charge in [0.15, 0.2) is 17.9 Å². The molecular formula is C57H89N19O13S. The van der Waals surface area contributed by atoms with E-state index in [2.05, 4.69) is 46.9 Å². The van der Waals surface area contributed by atoms with Crippen LogP contribution >= 0.6 is 11.3 Å². The Hall–Kier alpha value is -8.69. The second-order valence-electron chi connectivity index (χ2n) is 22.4. The Kier molecular flexibility index (Phi) is 29.4. The third-order valence-corrected chi connectivity index (χ3v) is 16.4. The molecule has 3 heterocycles. The van der Waals surface area contributed by atoms with Crippen LogP contribution in [-0.2, 0) is 60.8 Å². The molecule has 9 atom stereocenters. The van der Waals surface area contributed by atoms with Crippen molar-refractivity contribution in [3.05, 3.63) is 58.3 Å². The van der Waals surface area contributed by atoms with E-state index in [9.17, 15) is 63.3 Å². The number of carboxylic acid groups (broad SMARTS) is 1. The average molecular weight is 1280 g/mol. The molecular weight excluding hydrogens is 1190 g/mol. The van der Waals surface area contributed by atoms with Gasteiger partial charge in [0.1, 0.15) is 42.3 Å². The second-order valence-corrected chi connectivity index (χ2v) is 23.5. The lowest BCUT2D eigenvalue weighted by Gasteiger charge is -2.37. The van der Waals surface area contributed by atoms with E-state index in [4.69, 9.17) is 40.1 Å². The molecule has 0 unspecified atom stereocenters. The molecule has 33 heteroatoms. The lowest BCUT2D eigenvalue weighted by Crippen LogP contribution is -2.60. The van der Waals surface area contributed by atoms with Crippen LogP contribution in [0.1, 0.15) is 100 Å². The molecule has 2 aromatic rings. The van der Waals surface area contributed by atoms with Gasteiger partial charge in [-0.05, 0) is 81.2 Å². The predicted octanol–water partition coefficient (Wildman–Crippen LogP) is -5.25. The molecule has 9 amide bonds. The number of aliphatic imine (C=N–C) groups is 3. The number of thiophene rings is 1. The van der Waals surface area contributed by atoms with Crippen LogP contribution in [0.5, 0.6) is 0 Å². The van der Waals surface area contributed by atoms with Gasteiger partial charge in [-0.2, -0.15) is 0 Å². The first-order valence-corrected chi connectivity index (χ1v) is 31.0. The van der Waals surface area contributed by atoms with Crippen LogP contribution in [0.25, 0.3) is 0 Å². The van der Waals surface area contributed by atoms with Gasteiger partial charge in [0.25, 0.3) is 0 Å². The maximum Gasteiger partial charge on any atom is 0.326 e. The van der Waals surface area contributed by atoms with E-state index >= 15 is 0 Å². The van der Waals surface area contributed by atoms with Gasteiger partial charge in [-0.25, -0.2) is 4.79 Å². The number of amides is 9. The van der Waals surface area contributed by atoms with Gasteiger partial charge in [-0.15, -0.1) is 11.3 Å². The summed E-state index contributed by atoms with van der Waals surface area (Å²) < 4.78 is 0. The summed E-state index contributed by atoms with van der Waals surface area (Å²) in [7, 11) is 0. The number of aliphatic hydroxyl groups excluding tert-OH is 2. The van der Waals surface area contributed by atoms with Crippen LogP contribution in [0.2, 0.25) is 0 Å². The molecule has 2 saturated heterocycles. The summed E-state index contributed by atoms with van der Waals surface area (Å²) in [6.07, 6.45) is 3.46. The minimum atomic E-state index is -1.70. The van der Waals surface area contributed by atoms with Crippen LogP contribution in [0.4, 0.5) is 0 Å². The first-order valence-electron chi connectivity index (χ1n) is 30.1. The van der Waals surface area contributed by atoms with Crippen LogP contribution in [-0.4, -0.2) is 220 Å². The number of carbonyl (C=O) groups excluding carboxylic acids is 9. The van der Waals surface area contributed by atoms with Crippen molar-refractivity contribution in [3.8, 4) is 0 Å². The van der Waals surface area contributed by atoms with Crippen LogP contribution < -0.4 is 72.0 Å². The molecule has 3 aliphatic rings. The maximum absolute atomic E-state index is 14.8. The zero-order valence-electron chi connectivity index (χ0n) is 50.4. The number of β-amino-alcohol motifs (C(OH)–C–C–N with tert-alkyl or cyclic N) is 1. The molecule has 2 aliphatic heterocycles. The lowest BCUT2D eigenvalue weighted by molar-refractivity contribution is -0.148. The van der Waals surface area contributed by atoms with Gasteiger partial charge in [-0.1, -0.05) is 55.7 Å². The number of hydrogen-bond donors (Lipinski definition) is 16. The fraction of sp³-hybridized carbons (Fsp3) is 0.596. The average Bonchev–Trinajstić information content (AvgIpc) is 1.66. The third kappa shape index (κ3) is 23.4. The molecule has 0 spiro atoms. The number of aliphatic hydroxyl groups is 2. The second kappa shape index (κ2) is 36.7. The number of benzene rings is 1. The van der Waals surface area contributed by atoms with Gasteiger partial charge >= 0.3 is 5.97 Å². The van der Waals surface area contributed by atoms with Gasteiger partial charge in [0.2, 0.25) is 53.2 Å². The van der Waals surface area contributed by atoms with E-state index in [1.165, 1.54) is 21.1 Å². The van der Waals surface area contributed by atoms with Crippen molar-refractivity contribution in [3.63, 3.8) is 0 Å². The van der Waals surface area contributed by atoms with E-state index in [0.29, 0.717) is 36.1 Å². The summed E-state index contributed by atoms with van der Waals surface area (Å²) in [5.41, 5.74) is 39.3. The van der Waals surface area contributed by atoms with Crippen LogP contribution in [0, 0.1) is 0 Å². The molecule has 23 N–H and O–H groups in total. The Morgan fingerprint density at radius 3 is 1.82 bits per heavy atom. The first kappa shape index (κ1) is 72.1. The largest absolute Gasteiger partial charge is 0.480 e. The Bertz CT molecular complexity index is 2830. The number of guanidine groups is 3. The molecule has 5 rings (SSSR count). The normalized spacial score (nSPS) is 18.4. The van der Waals surface area contributed by atoms with Crippen molar-refractivity contribution < 1.29 is 63.3 Å². The number of carboxylic acids is 1. The molecule has 32 nitrogen and oxygen atoms in total. The smallest absolute Gasteiger partial charge is 0.326 e. The quantitative estimate of drug-likeness (QED) is 0.0174. The van der Waals surface area contributed by atoms with E-state index in [1.807, 2.05) is 0 Å². The maximum atomic E-state index is 14.8. The summed E-state index contributed by atoms with van der Waals surface area (Å²) in [6.45, 7) is -1.95.